The van der Waals surface area contributed by atoms with Gasteiger partial charge in [-0.05, 0) is 30.3 Å². The third-order valence-electron chi connectivity index (χ3n) is 3.12. The summed E-state index contributed by atoms with van der Waals surface area (Å²) in [7, 11) is 1.51. The molecule has 0 saturated carbocycles. The van der Waals surface area contributed by atoms with Crippen LogP contribution < -0.4 is 5.32 Å². The second-order valence-electron chi connectivity index (χ2n) is 5.03. The lowest BCUT2D eigenvalue weighted by molar-refractivity contribution is -0.131. The highest BCUT2D eigenvalue weighted by atomic mass is 32.2. The summed E-state index contributed by atoms with van der Waals surface area (Å²) in [5.41, 5.74) is 0.652. The second kappa shape index (κ2) is 8.44. The summed E-state index contributed by atoms with van der Waals surface area (Å²) in [5, 5.41) is 2.68. The zero-order valence-corrected chi connectivity index (χ0v) is 13.8. The largest absolute Gasteiger partial charge is 0.336 e. The van der Waals surface area contributed by atoms with E-state index in [0.29, 0.717) is 10.6 Å². The van der Waals surface area contributed by atoms with Gasteiger partial charge in [-0.1, -0.05) is 18.2 Å². The third-order valence-corrected chi connectivity index (χ3v) is 4.10. The van der Waals surface area contributed by atoms with E-state index in [9.17, 15) is 18.4 Å². The number of nitrogens with zero attached hydrogens (tertiary/aromatic N) is 1. The van der Waals surface area contributed by atoms with Crippen LogP contribution >= 0.6 is 11.8 Å². The molecular weight excluding hydrogens is 334 g/mol. The molecule has 0 aliphatic heterocycles. The highest BCUT2D eigenvalue weighted by molar-refractivity contribution is 8.00. The van der Waals surface area contributed by atoms with Gasteiger partial charge in [0.2, 0.25) is 11.8 Å². The Kier molecular flexibility index (Phi) is 6.31. The summed E-state index contributed by atoms with van der Waals surface area (Å²) in [4.78, 5) is 25.6. The molecular formula is C17H16F2N2O2S. The van der Waals surface area contributed by atoms with Gasteiger partial charge in [-0.2, -0.15) is 0 Å². The number of thioether (sulfide) groups is 1. The maximum atomic E-state index is 13.1. The van der Waals surface area contributed by atoms with E-state index in [1.54, 1.807) is 24.3 Å². The normalized spacial score (nSPS) is 10.3. The molecule has 2 rings (SSSR count). The maximum Gasteiger partial charge on any atom is 0.243 e. The number of hydrogen-bond acceptors (Lipinski definition) is 3. The first kappa shape index (κ1) is 17.9. The first-order valence-electron chi connectivity index (χ1n) is 7.12. The lowest BCUT2D eigenvalue weighted by Crippen LogP contribution is -2.35. The maximum absolute atomic E-state index is 13.1. The van der Waals surface area contributed by atoms with Gasteiger partial charge in [0.25, 0.3) is 0 Å². The van der Waals surface area contributed by atoms with Crippen LogP contribution in [0.2, 0.25) is 0 Å². The number of anilines is 1. The van der Waals surface area contributed by atoms with Crippen LogP contribution in [-0.2, 0) is 9.59 Å². The van der Waals surface area contributed by atoms with Crippen LogP contribution in [0.4, 0.5) is 14.5 Å². The van der Waals surface area contributed by atoms with Crippen LogP contribution in [0.5, 0.6) is 0 Å². The van der Waals surface area contributed by atoms with Crippen molar-refractivity contribution < 1.29 is 18.4 Å². The van der Waals surface area contributed by atoms with E-state index in [0.717, 1.165) is 23.9 Å². The second-order valence-corrected chi connectivity index (χ2v) is 6.08. The topological polar surface area (TPSA) is 49.4 Å². The number of halogens is 2. The minimum atomic E-state index is -0.956. The number of benzene rings is 2. The van der Waals surface area contributed by atoms with Crippen molar-refractivity contribution in [3.8, 4) is 0 Å². The smallest absolute Gasteiger partial charge is 0.243 e. The molecule has 0 heterocycles. The van der Waals surface area contributed by atoms with Crippen molar-refractivity contribution >= 4 is 29.3 Å². The number of carbonyl (C=O) groups is 2. The van der Waals surface area contributed by atoms with Crippen molar-refractivity contribution in [3.63, 3.8) is 0 Å². The van der Waals surface area contributed by atoms with Crippen LogP contribution in [-0.4, -0.2) is 36.1 Å². The summed E-state index contributed by atoms with van der Waals surface area (Å²) in [5.74, 6) is -2.45. The van der Waals surface area contributed by atoms with Crippen LogP contribution in [0.3, 0.4) is 0 Å². The fourth-order valence-electron chi connectivity index (χ4n) is 1.85. The average Bonchev–Trinajstić information content (AvgIpc) is 2.56. The third kappa shape index (κ3) is 5.34. The van der Waals surface area contributed by atoms with Gasteiger partial charge in [0.1, 0.15) is 0 Å². The SMILES string of the molecule is CN(CC(=O)Nc1ccccc1)C(=O)CSc1ccc(F)c(F)c1. The molecule has 126 valence electrons. The van der Waals surface area contributed by atoms with E-state index in [2.05, 4.69) is 5.32 Å². The van der Waals surface area contributed by atoms with Gasteiger partial charge in [0.15, 0.2) is 11.6 Å². The van der Waals surface area contributed by atoms with Gasteiger partial charge >= 0.3 is 0 Å². The molecule has 0 aliphatic carbocycles. The van der Waals surface area contributed by atoms with Crippen molar-refractivity contribution in [2.24, 2.45) is 0 Å². The van der Waals surface area contributed by atoms with E-state index in [1.807, 2.05) is 6.07 Å². The molecule has 1 N–H and O–H groups in total. The summed E-state index contributed by atoms with van der Waals surface area (Å²) in [6.45, 7) is -0.0912. The van der Waals surface area contributed by atoms with Crippen molar-refractivity contribution in [2.45, 2.75) is 4.90 Å². The van der Waals surface area contributed by atoms with Gasteiger partial charge in [-0.15, -0.1) is 11.8 Å². The van der Waals surface area contributed by atoms with Crippen LogP contribution in [0.1, 0.15) is 0 Å². The van der Waals surface area contributed by atoms with Gasteiger partial charge in [-0.3, -0.25) is 9.59 Å². The number of amides is 2. The van der Waals surface area contributed by atoms with Crippen molar-refractivity contribution in [1.29, 1.82) is 0 Å². The van der Waals surface area contributed by atoms with Gasteiger partial charge in [0, 0.05) is 17.6 Å². The molecule has 0 bridgehead atoms. The van der Waals surface area contributed by atoms with Crippen molar-refractivity contribution in [3.05, 3.63) is 60.2 Å². The summed E-state index contributed by atoms with van der Waals surface area (Å²) in [6, 6.07) is 12.4. The first-order chi connectivity index (χ1) is 11.5. The first-order valence-corrected chi connectivity index (χ1v) is 8.11. The van der Waals surface area contributed by atoms with Crippen molar-refractivity contribution in [2.75, 3.05) is 24.7 Å². The molecule has 2 amide bonds. The fourth-order valence-corrected chi connectivity index (χ4v) is 2.71. The van der Waals surface area contributed by atoms with Crippen LogP contribution in [0.25, 0.3) is 0 Å². The van der Waals surface area contributed by atoms with Gasteiger partial charge < -0.3 is 10.2 Å². The molecule has 0 aromatic heterocycles. The Morgan fingerprint density at radius 2 is 1.79 bits per heavy atom. The lowest BCUT2D eigenvalue weighted by atomic mass is 10.3. The number of carbonyl (C=O) groups excluding carboxylic acids is 2. The molecule has 24 heavy (non-hydrogen) atoms. The van der Waals surface area contributed by atoms with E-state index in [1.165, 1.54) is 18.0 Å². The Morgan fingerprint density at radius 1 is 1.08 bits per heavy atom. The van der Waals surface area contributed by atoms with E-state index < -0.39 is 11.6 Å². The van der Waals surface area contributed by atoms with Crippen LogP contribution in [0.15, 0.2) is 53.4 Å². The fraction of sp³-hybridized carbons (Fsp3) is 0.176. The number of rotatable bonds is 6. The molecule has 2 aromatic rings. The molecule has 0 saturated heterocycles. The molecule has 7 heteroatoms. The van der Waals surface area contributed by atoms with E-state index >= 15 is 0 Å². The molecule has 0 spiro atoms. The highest BCUT2D eigenvalue weighted by Gasteiger charge is 2.14. The van der Waals surface area contributed by atoms with Crippen LogP contribution in [0, 0.1) is 11.6 Å². The highest BCUT2D eigenvalue weighted by Crippen LogP contribution is 2.20. The van der Waals surface area contributed by atoms with Crippen molar-refractivity contribution in [1.82, 2.24) is 4.90 Å². The molecule has 0 aliphatic rings. The van der Waals surface area contributed by atoms with E-state index in [4.69, 9.17) is 0 Å². The predicted octanol–water partition coefficient (Wildman–Crippen LogP) is 3.15. The molecule has 0 atom stereocenters. The van der Waals surface area contributed by atoms with Gasteiger partial charge in [-0.25, -0.2) is 8.78 Å². The molecule has 2 aromatic carbocycles. The number of likely N-dealkylation sites (N-methyl/N-ethyl adjacent to an activating group) is 1. The molecule has 0 fully saturated rings. The Bertz CT molecular complexity index is 726. The molecule has 0 radical (unpaired) electrons. The Hall–Kier alpha value is -2.41. The number of nitrogens with one attached hydrogen (secondary N) is 1. The standard InChI is InChI=1S/C17H16F2N2O2S/c1-21(10-16(22)20-12-5-3-2-4-6-12)17(23)11-24-13-7-8-14(18)15(19)9-13/h2-9H,10-11H2,1H3,(H,20,22). The zero-order valence-electron chi connectivity index (χ0n) is 13.0. The van der Waals surface area contributed by atoms with E-state index in [-0.39, 0.29) is 24.1 Å². The summed E-state index contributed by atoms with van der Waals surface area (Å²) in [6.07, 6.45) is 0. The quantitative estimate of drug-likeness (QED) is 0.814. The minimum Gasteiger partial charge on any atom is -0.336 e. The lowest BCUT2D eigenvalue weighted by Gasteiger charge is -2.16. The number of para-hydroxylation sites is 1. The molecule has 4 nitrogen and oxygen atoms in total. The Morgan fingerprint density at radius 3 is 2.46 bits per heavy atom. The monoisotopic (exact) mass is 350 g/mol. The Balaban J connectivity index is 1.81. The zero-order chi connectivity index (χ0) is 17.5. The predicted molar refractivity (Wildman–Crippen MR) is 89.8 cm³/mol. The minimum absolute atomic E-state index is 0.0280. The number of hydrogen-bond donors (Lipinski definition) is 1. The average molecular weight is 350 g/mol. The summed E-state index contributed by atoms with van der Waals surface area (Å²) < 4.78 is 25.9. The summed E-state index contributed by atoms with van der Waals surface area (Å²) >= 11 is 1.08. The van der Waals surface area contributed by atoms with Gasteiger partial charge in [0.05, 0.1) is 12.3 Å². The molecule has 0 unspecified atom stereocenters. The Labute approximate surface area is 142 Å².